The number of piperidine rings is 1. The molecule has 0 aromatic rings. The smallest absolute Gasteiger partial charge is 0.0119 e. The lowest BCUT2D eigenvalue weighted by atomic mass is 10.0. The molecule has 0 bridgehead atoms. The van der Waals surface area contributed by atoms with E-state index >= 15 is 0 Å². The van der Waals surface area contributed by atoms with E-state index in [1.807, 2.05) is 0 Å². The van der Waals surface area contributed by atoms with Gasteiger partial charge in [0.1, 0.15) is 0 Å². The quantitative estimate of drug-likeness (QED) is 0.747. The second-order valence-corrected chi connectivity index (χ2v) is 5.45. The van der Waals surface area contributed by atoms with Crippen LogP contribution in [-0.2, 0) is 0 Å². The van der Waals surface area contributed by atoms with Crippen molar-refractivity contribution >= 4 is 0 Å². The van der Waals surface area contributed by atoms with E-state index in [4.69, 9.17) is 0 Å². The van der Waals surface area contributed by atoms with E-state index < -0.39 is 0 Å². The van der Waals surface area contributed by atoms with Gasteiger partial charge in [0.05, 0.1) is 0 Å². The first kappa shape index (κ1) is 11.4. The Morgan fingerprint density at radius 3 is 2.47 bits per heavy atom. The summed E-state index contributed by atoms with van der Waals surface area (Å²) in [6, 6.07) is 0.874. The highest BCUT2D eigenvalue weighted by Crippen LogP contribution is 2.38. The van der Waals surface area contributed by atoms with Gasteiger partial charge in [0.25, 0.3) is 0 Å². The van der Waals surface area contributed by atoms with E-state index in [-0.39, 0.29) is 0 Å². The van der Waals surface area contributed by atoms with Crippen LogP contribution in [0.25, 0.3) is 0 Å². The third kappa shape index (κ3) is 3.18. The fourth-order valence-electron chi connectivity index (χ4n) is 2.84. The third-order valence-corrected chi connectivity index (χ3v) is 4.08. The van der Waals surface area contributed by atoms with Crippen LogP contribution >= 0.6 is 0 Å². The summed E-state index contributed by atoms with van der Waals surface area (Å²) in [5.74, 6) is 2.03. The fraction of sp³-hybridized carbons (Fsp3) is 1.00. The maximum atomic E-state index is 3.46. The van der Waals surface area contributed by atoms with Crippen molar-refractivity contribution in [1.29, 1.82) is 0 Å². The van der Waals surface area contributed by atoms with Gasteiger partial charge >= 0.3 is 0 Å². The molecule has 2 atom stereocenters. The second-order valence-electron chi connectivity index (χ2n) is 5.45. The fourth-order valence-corrected chi connectivity index (χ4v) is 2.84. The maximum absolute atomic E-state index is 3.46. The number of nitrogens with one attached hydrogen (secondary N) is 1. The Labute approximate surface area is 94.4 Å². The molecule has 0 aromatic carbocycles. The minimum Gasteiger partial charge on any atom is -0.317 e. The summed E-state index contributed by atoms with van der Waals surface area (Å²) in [6.07, 6.45) is 5.51. The summed E-state index contributed by atoms with van der Waals surface area (Å²) in [5, 5.41) is 3.46. The number of rotatable bonds is 5. The summed E-state index contributed by atoms with van der Waals surface area (Å²) >= 11 is 0. The molecular formula is C13H26N2. The molecule has 2 fully saturated rings. The van der Waals surface area contributed by atoms with Crippen molar-refractivity contribution in [1.82, 2.24) is 10.2 Å². The Bertz CT molecular complexity index is 187. The van der Waals surface area contributed by atoms with Gasteiger partial charge in [-0.3, -0.25) is 0 Å². The topological polar surface area (TPSA) is 15.3 Å². The van der Waals surface area contributed by atoms with Crippen molar-refractivity contribution < 1.29 is 0 Å². The van der Waals surface area contributed by atoms with Crippen LogP contribution in [0.3, 0.4) is 0 Å². The lowest BCUT2D eigenvalue weighted by Crippen LogP contribution is -2.44. The largest absolute Gasteiger partial charge is 0.317 e. The highest BCUT2D eigenvalue weighted by atomic mass is 15.2. The van der Waals surface area contributed by atoms with Crippen LogP contribution in [0.15, 0.2) is 0 Å². The minimum atomic E-state index is 0.874. The zero-order valence-corrected chi connectivity index (χ0v) is 10.3. The Morgan fingerprint density at radius 2 is 1.93 bits per heavy atom. The second kappa shape index (κ2) is 5.31. The van der Waals surface area contributed by atoms with Crippen LogP contribution in [0.2, 0.25) is 0 Å². The molecule has 1 saturated carbocycles. The van der Waals surface area contributed by atoms with E-state index in [2.05, 4.69) is 24.1 Å². The number of hydrogen-bond donors (Lipinski definition) is 1. The van der Waals surface area contributed by atoms with E-state index in [0.717, 1.165) is 17.9 Å². The van der Waals surface area contributed by atoms with E-state index in [0.29, 0.717) is 0 Å². The summed E-state index contributed by atoms with van der Waals surface area (Å²) < 4.78 is 0. The number of hydrogen-bond acceptors (Lipinski definition) is 2. The summed E-state index contributed by atoms with van der Waals surface area (Å²) in [6.45, 7) is 9.85. The first-order chi connectivity index (χ1) is 7.31. The molecule has 2 rings (SSSR count). The lowest BCUT2D eigenvalue weighted by Gasteiger charge is -2.34. The maximum Gasteiger partial charge on any atom is 0.0119 e. The van der Waals surface area contributed by atoms with Crippen molar-refractivity contribution in [3.8, 4) is 0 Å². The molecule has 2 unspecified atom stereocenters. The van der Waals surface area contributed by atoms with Gasteiger partial charge in [-0.2, -0.15) is 0 Å². The van der Waals surface area contributed by atoms with Gasteiger partial charge in [-0.25, -0.2) is 0 Å². The molecule has 2 nitrogen and oxygen atoms in total. The minimum absolute atomic E-state index is 0.874. The van der Waals surface area contributed by atoms with E-state index in [1.165, 1.54) is 51.9 Å². The van der Waals surface area contributed by atoms with Crippen LogP contribution in [0, 0.1) is 11.8 Å². The molecule has 0 spiro atoms. The van der Waals surface area contributed by atoms with Gasteiger partial charge in [0.15, 0.2) is 0 Å². The lowest BCUT2D eigenvalue weighted by molar-refractivity contribution is 0.153. The molecule has 2 aliphatic rings. The Kier molecular flexibility index (Phi) is 4.04. The third-order valence-electron chi connectivity index (χ3n) is 4.08. The first-order valence-corrected chi connectivity index (χ1v) is 6.76. The van der Waals surface area contributed by atoms with Crippen LogP contribution < -0.4 is 5.32 Å². The zero-order valence-electron chi connectivity index (χ0n) is 10.3. The molecule has 0 aromatic heterocycles. The standard InChI is InChI=1S/C13H26N2/c1-3-8-15(10-12-9-11(12)2)13-4-6-14-7-5-13/h11-14H,3-10H2,1-2H3. The molecule has 1 aliphatic carbocycles. The van der Waals surface area contributed by atoms with Crippen molar-refractivity contribution in [3.63, 3.8) is 0 Å². The molecule has 1 heterocycles. The van der Waals surface area contributed by atoms with Crippen LogP contribution in [0.5, 0.6) is 0 Å². The Hall–Kier alpha value is -0.0800. The van der Waals surface area contributed by atoms with Crippen molar-refractivity contribution in [3.05, 3.63) is 0 Å². The van der Waals surface area contributed by atoms with Crippen molar-refractivity contribution in [2.24, 2.45) is 11.8 Å². The molecule has 1 aliphatic heterocycles. The normalized spacial score (nSPS) is 32.2. The van der Waals surface area contributed by atoms with E-state index in [9.17, 15) is 0 Å². The van der Waals surface area contributed by atoms with Gasteiger partial charge in [0, 0.05) is 12.6 Å². The van der Waals surface area contributed by atoms with Crippen LogP contribution in [0.4, 0.5) is 0 Å². The molecule has 2 heteroatoms. The van der Waals surface area contributed by atoms with Crippen LogP contribution in [0.1, 0.15) is 39.5 Å². The molecule has 1 N–H and O–H groups in total. The highest BCUT2D eigenvalue weighted by Gasteiger charge is 2.35. The SMILES string of the molecule is CCCN(CC1CC1C)C1CCNCC1. The zero-order chi connectivity index (χ0) is 10.7. The van der Waals surface area contributed by atoms with Gasteiger partial charge < -0.3 is 10.2 Å². The number of nitrogens with zero attached hydrogens (tertiary/aromatic N) is 1. The molecule has 0 amide bonds. The molecule has 1 saturated heterocycles. The molecule has 88 valence electrons. The predicted octanol–water partition coefficient (Wildman–Crippen LogP) is 2.11. The van der Waals surface area contributed by atoms with Gasteiger partial charge in [-0.15, -0.1) is 0 Å². The molecule has 15 heavy (non-hydrogen) atoms. The van der Waals surface area contributed by atoms with Gasteiger partial charge in [-0.1, -0.05) is 13.8 Å². The van der Waals surface area contributed by atoms with Gasteiger partial charge in [-0.05, 0) is 57.2 Å². The van der Waals surface area contributed by atoms with Crippen molar-refractivity contribution in [2.75, 3.05) is 26.2 Å². The van der Waals surface area contributed by atoms with Crippen molar-refractivity contribution in [2.45, 2.75) is 45.6 Å². The molecular weight excluding hydrogens is 184 g/mol. The summed E-state index contributed by atoms with van der Waals surface area (Å²) in [5.41, 5.74) is 0. The Balaban J connectivity index is 1.80. The monoisotopic (exact) mass is 210 g/mol. The Morgan fingerprint density at radius 1 is 1.27 bits per heavy atom. The predicted molar refractivity (Wildman–Crippen MR) is 65.0 cm³/mol. The summed E-state index contributed by atoms with van der Waals surface area (Å²) in [4.78, 5) is 2.77. The molecule has 0 radical (unpaired) electrons. The first-order valence-electron chi connectivity index (χ1n) is 6.76. The summed E-state index contributed by atoms with van der Waals surface area (Å²) in [7, 11) is 0. The van der Waals surface area contributed by atoms with E-state index in [1.54, 1.807) is 0 Å². The average molecular weight is 210 g/mol. The average Bonchev–Trinajstić information content (AvgIpc) is 2.95. The van der Waals surface area contributed by atoms with Gasteiger partial charge in [0.2, 0.25) is 0 Å². The van der Waals surface area contributed by atoms with Crippen LogP contribution in [-0.4, -0.2) is 37.1 Å². The highest BCUT2D eigenvalue weighted by molar-refractivity contribution is 4.88.